The number of halogens is 4. The largest absolute Gasteiger partial charge is 0.433 e. The Kier molecular flexibility index (Phi) is 4.29. The Bertz CT molecular complexity index is 690. The second kappa shape index (κ2) is 5.82. The SMILES string of the molecule is NC(=S)Nc1nc(-c2ccccc2Cl)cc(C(F)(F)F)n1. The Morgan fingerprint density at radius 1 is 1.24 bits per heavy atom. The predicted octanol–water partition coefficient (Wildman–Crippen LogP) is 3.47. The first kappa shape index (κ1) is 15.5. The van der Waals surface area contributed by atoms with Crippen molar-refractivity contribution in [2.24, 2.45) is 5.73 Å². The van der Waals surface area contributed by atoms with Crippen LogP contribution in [0.1, 0.15) is 5.69 Å². The highest BCUT2D eigenvalue weighted by atomic mass is 35.5. The lowest BCUT2D eigenvalue weighted by Gasteiger charge is -2.11. The van der Waals surface area contributed by atoms with Crippen LogP contribution < -0.4 is 11.1 Å². The minimum atomic E-state index is -4.63. The molecule has 0 saturated heterocycles. The molecular formula is C12H8ClF3N4S. The van der Waals surface area contributed by atoms with Gasteiger partial charge in [-0.25, -0.2) is 9.97 Å². The van der Waals surface area contributed by atoms with E-state index in [-0.39, 0.29) is 21.8 Å². The lowest BCUT2D eigenvalue weighted by molar-refractivity contribution is -0.141. The lowest BCUT2D eigenvalue weighted by atomic mass is 10.1. The molecule has 0 spiro atoms. The number of benzene rings is 1. The van der Waals surface area contributed by atoms with E-state index in [9.17, 15) is 13.2 Å². The van der Waals surface area contributed by atoms with Gasteiger partial charge in [-0.1, -0.05) is 29.8 Å². The number of hydrogen-bond acceptors (Lipinski definition) is 3. The molecule has 1 aromatic carbocycles. The minimum absolute atomic E-state index is 0.0154. The summed E-state index contributed by atoms with van der Waals surface area (Å²) in [6.45, 7) is 0. The van der Waals surface area contributed by atoms with Gasteiger partial charge in [0.15, 0.2) is 10.8 Å². The highest BCUT2D eigenvalue weighted by molar-refractivity contribution is 7.80. The lowest BCUT2D eigenvalue weighted by Crippen LogP contribution is -2.22. The van der Waals surface area contributed by atoms with Crippen LogP contribution in [0.3, 0.4) is 0 Å². The summed E-state index contributed by atoms with van der Waals surface area (Å²) in [7, 11) is 0. The molecule has 4 nitrogen and oxygen atoms in total. The van der Waals surface area contributed by atoms with Gasteiger partial charge >= 0.3 is 6.18 Å². The van der Waals surface area contributed by atoms with Gasteiger partial charge in [0.05, 0.1) is 5.69 Å². The third-order valence-corrected chi connectivity index (χ3v) is 2.83. The summed E-state index contributed by atoms with van der Waals surface area (Å²) in [6.07, 6.45) is -4.63. The molecule has 0 aliphatic rings. The Labute approximate surface area is 128 Å². The Morgan fingerprint density at radius 3 is 2.48 bits per heavy atom. The van der Waals surface area contributed by atoms with Crippen molar-refractivity contribution < 1.29 is 13.2 Å². The van der Waals surface area contributed by atoms with Crippen molar-refractivity contribution in [2.45, 2.75) is 6.18 Å². The van der Waals surface area contributed by atoms with E-state index in [0.717, 1.165) is 6.07 Å². The Hall–Kier alpha value is -1.93. The number of anilines is 1. The smallest absolute Gasteiger partial charge is 0.376 e. The molecule has 0 radical (unpaired) electrons. The van der Waals surface area contributed by atoms with Crippen LogP contribution in [0.2, 0.25) is 5.02 Å². The number of nitrogens with zero attached hydrogens (tertiary/aromatic N) is 2. The number of hydrogen-bond donors (Lipinski definition) is 2. The number of thiocarbonyl (C=S) groups is 1. The molecule has 21 heavy (non-hydrogen) atoms. The van der Waals surface area contributed by atoms with Crippen LogP contribution in [0.25, 0.3) is 11.3 Å². The van der Waals surface area contributed by atoms with Crippen LogP contribution in [-0.2, 0) is 6.18 Å². The van der Waals surface area contributed by atoms with Crippen molar-refractivity contribution in [1.82, 2.24) is 9.97 Å². The van der Waals surface area contributed by atoms with Gasteiger partial charge in [0.2, 0.25) is 5.95 Å². The van der Waals surface area contributed by atoms with Crippen LogP contribution in [-0.4, -0.2) is 15.1 Å². The first-order chi connectivity index (χ1) is 9.77. The van der Waals surface area contributed by atoms with E-state index in [1.807, 2.05) is 0 Å². The quantitative estimate of drug-likeness (QED) is 0.824. The summed E-state index contributed by atoms with van der Waals surface area (Å²) in [6, 6.07) is 7.21. The fourth-order valence-electron chi connectivity index (χ4n) is 1.57. The van der Waals surface area contributed by atoms with E-state index < -0.39 is 11.9 Å². The molecule has 2 rings (SSSR count). The second-order valence-electron chi connectivity index (χ2n) is 3.93. The number of aromatic nitrogens is 2. The van der Waals surface area contributed by atoms with Crippen molar-refractivity contribution in [3.8, 4) is 11.3 Å². The normalized spacial score (nSPS) is 11.2. The maximum atomic E-state index is 12.9. The van der Waals surface area contributed by atoms with Gasteiger partial charge < -0.3 is 11.1 Å². The van der Waals surface area contributed by atoms with Gasteiger partial charge in [-0.05, 0) is 24.4 Å². The fraction of sp³-hybridized carbons (Fsp3) is 0.0833. The average molecular weight is 333 g/mol. The summed E-state index contributed by atoms with van der Waals surface area (Å²) in [5, 5.41) is 2.32. The number of nitrogens with one attached hydrogen (secondary N) is 1. The Morgan fingerprint density at radius 2 is 1.90 bits per heavy atom. The molecule has 2 aromatic rings. The van der Waals surface area contributed by atoms with Crippen LogP contribution in [0.4, 0.5) is 19.1 Å². The van der Waals surface area contributed by atoms with Gasteiger partial charge in [-0.3, -0.25) is 0 Å². The zero-order valence-corrected chi connectivity index (χ0v) is 11.9. The van der Waals surface area contributed by atoms with Crippen molar-refractivity contribution in [1.29, 1.82) is 0 Å². The predicted molar refractivity (Wildman–Crippen MR) is 77.9 cm³/mol. The van der Waals surface area contributed by atoms with E-state index in [1.165, 1.54) is 0 Å². The van der Waals surface area contributed by atoms with Crippen LogP contribution >= 0.6 is 23.8 Å². The van der Waals surface area contributed by atoms with Gasteiger partial charge in [0.1, 0.15) is 0 Å². The van der Waals surface area contributed by atoms with E-state index in [4.69, 9.17) is 17.3 Å². The molecule has 0 saturated carbocycles. The molecule has 0 atom stereocenters. The van der Waals surface area contributed by atoms with E-state index >= 15 is 0 Å². The van der Waals surface area contributed by atoms with Gasteiger partial charge in [0, 0.05) is 10.6 Å². The van der Waals surface area contributed by atoms with Gasteiger partial charge in [-0.2, -0.15) is 13.2 Å². The molecular weight excluding hydrogens is 325 g/mol. The summed E-state index contributed by atoms with van der Waals surface area (Å²) in [5.41, 5.74) is 4.48. The van der Waals surface area contributed by atoms with Gasteiger partial charge in [-0.15, -0.1) is 0 Å². The average Bonchev–Trinajstić information content (AvgIpc) is 2.37. The maximum Gasteiger partial charge on any atom is 0.433 e. The summed E-state index contributed by atoms with van der Waals surface area (Å²) in [5.74, 6) is -0.341. The number of nitrogens with two attached hydrogens (primary N) is 1. The number of rotatable bonds is 2. The summed E-state index contributed by atoms with van der Waals surface area (Å²) < 4.78 is 38.7. The van der Waals surface area contributed by atoms with E-state index in [0.29, 0.717) is 5.56 Å². The number of alkyl halides is 3. The van der Waals surface area contributed by atoms with Crippen LogP contribution in [0.15, 0.2) is 30.3 Å². The highest BCUT2D eigenvalue weighted by Gasteiger charge is 2.34. The van der Waals surface area contributed by atoms with Crippen molar-refractivity contribution >= 4 is 34.9 Å². The van der Waals surface area contributed by atoms with Gasteiger partial charge in [0.25, 0.3) is 0 Å². The summed E-state index contributed by atoms with van der Waals surface area (Å²) >= 11 is 10.6. The van der Waals surface area contributed by atoms with E-state index in [1.54, 1.807) is 24.3 Å². The first-order valence-corrected chi connectivity index (χ1v) is 6.33. The maximum absolute atomic E-state index is 12.9. The fourth-order valence-corrected chi connectivity index (χ4v) is 1.89. The van der Waals surface area contributed by atoms with E-state index in [2.05, 4.69) is 27.5 Å². The molecule has 3 N–H and O–H groups in total. The second-order valence-corrected chi connectivity index (χ2v) is 4.78. The zero-order valence-electron chi connectivity index (χ0n) is 10.3. The van der Waals surface area contributed by atoms with Crippen LogP contribution in [0.5, 0.6) is 0 Å². The Balaban J connectivity index is 2.60. The molecule has 0 unspecified atom stereocenters. The standard InChI is InChI=1S/C12H8ClF3N4S/c13-7-4-2-1-3-6(7)8-5-9(12(14,15)16)19-11(18-8)20-10(17)21/h1-5H,(H3,17,18,19,20,21). The minimum Gasteiger partial charge on any atom is -0.376 e. The molecule has 0 aliphatic heterocycles. The molecule has 0 aliphatic carbocycles. The molecule has 1 aromatic heterocycles. The molecule has 9 heteroatoms. The van der Waals surface area contributed by atoms with Crippen LogP contribution in [0, 0.1) is 0 Å². The molecule has 110 valence electrons. The summed E-state index contributed by atoms with van der Waals surface area (Å²) in [4.78, 5) is 7.29. The molecule has 0 fully saturated rings. The topological polar surface area (TPSA) is 63.8 Å². The first-order valence-electron chi connectivity index (χ1n) is 5.55. The molecule has 1 heterocycles. The molecule has 0 bridgehead atoms. The molecule has 0 amide bonds. The van der Waals surface area contributed by atoms with Crippen molar-refractivity contribution in [3.05, 3.63) is 41.0 Å². The third-order valence-electron chi connectivity index (χ3n) is 2.40. The zero-order chi connectivity index (χ0) is 15.6. The highest BCUT2D eigenvalue weighted by Crippen LogP contribution is 2.33. The van der Waals surface area contributed by atoms with Crippen molar-refractivity contribution in [3.63, 3.8) is 0 Å². The van der Waals surface area contributed by atoms with Crippen molar-refractivity contribution in [2.75, 3.05) is 5.32 Å². The third kappa shape index (κ3) is 3.79. The monoisotopic (exact) mass is 332 g/mol.